The molecule has 1 aliphatic rings. The SMILES string of the molecule is CCc1c(Br)cc(C2(CN)CCCC2)cc1OC. The molecule has 0 heterocycles. The number of methoxy groups -OCH3 is 1. The zero-order valence-electron chi connectivity index (χ0n) is 11.3. The molecule has 3 heteroatoms. The molecule has 0 aliphatic heterocycles. The number of hydrogen-bond donors (Lipinski definition) is 1. The summed E-state index contributed by atoms with van der Waals surface area (Å²) in [7, 11) is 1.74. The number of halogens is 1. The topological polar surface area (TPSA) is 35.2 Å². The molecule has 0 atom stereocenters. The van der Waals surface area contributed by atoms with Crippen LogP contribution in [0.25, 0.3) is 0 Å². The van der Waals surface area contributed by atoms with Crippen molar-refractivity contribution in [1.82, 2.24) is 0 Å². The second kappa shape index (κ2) is 5.62. The van der Waals surface area contributed by atoms with E-state index in [9.17, 15) is 0 Å². The maximum atomic E-state index is 6.06. The van der Waals surface area contributed by atoms with Crippen molar-refractivity contribution in [3.05, 3.63) is 27.7 Å². The van der Waals surface area contributed by atoms with Crippen molar-refractivity contribution in [2.75, 3.05) is 13.7 Å². The third-order valence-electron chi connectivity index (χ3n) is 4.29. The summed E-state index contributed by atoms with van der Waals surface area (Å²) in [6.45, 7) is 2.88. The minimum atomic E-state index is 0.169. The lowest BCUT2D eigenvalue weighted by molar-refractivity contribution is 0.403. The summed E-state index contributed by atoms with van der Waals surface area (Å²) in [4.78, 5) is 0. The van der Waals surface area contributed by atoms with Crippen molar-refractivity contribution in [1.29, 1.82) is 0 Å². The molecule has 0 aromatic heterocycles. The van der Waals surface area contributed by atoms with Crippen LogP contribution in [0.3, 0.4) is 0 Å². The Hall–Kier alpha value is -0.540. The van der Waals surface area contributed by atoms with E-state index in [0.717, 1.165) is 23.2 Å². The summed E-state index contributed by atoms with van der Waals surface area (Å²) in [5.41, 5.74) is 8.80. The van der Waals surface area contributed by atoms with E-state index in [1.54, 1.807) is 7.11 Å². The molecule has 2 N–H and O–H groups in total. The molecule has 1 aromatic carbocycles. The molecule has 0 saturated heterocycles. The van der Waals surface area contributed by atoms with Gasteiger partial charge < -0.3 is 10.5 Å². The summed E-state index contributed by atoms with van der Waals surface area (Å²) in [6, 6.07) is 4.45. The molecule has 18 heavy (non-hydrogen) atoms. The second-order valence-electron chi connectivity index (χ2n) is 5.18. The molecule has 0 spiro atoms. The average molecular weight is 312 g/mol. The highest BCUT2D eigenvalue weighted by atomic mass is 79.9. The Bertz CT molecular complexity index is 425. The molecule has 0 radical (unpaired) electrons. The van der Waals surface area contributed by atoms with E-state index in [1.165, 1.54) is 36.8 Å². The van der Waals surface area contributed by atoms with Crippen molar-refractivity contribution < 1.29 is 4.74 Å². The Morgan fingerprint density at radius 1 is 1.33 bits per heavy atom. The minimum Gasteiger partial charge on any atom is -0.496 e. The van der Waals surface area contributed by atoms with Gasteiger partial charge in [-0.1, -0.05) is 35.7 Å². The summed E-state index contributed by atoms with van der Waals surface area (Å²) in [5.74, 6) is 0.988. The van der Waals surface area contributed by atoms with Gasteiger partial charge in [0.05, 0.1) is 7.11 Å². The van der Waals surface area contributed by atoms with Crippen molar-refractivity contribution in [2.24, 2.45) is 5.73 Å². The zero-order valence-corrected chi connectivity index (χ0v) is 12.8. The predicted octanol–water partition coefficient (Wildman–Crippen LogP) is 3.79. The van der Waals surface area contributed by atoms with Crippen LogP contribution in [0.5, 0.6) is 5.75 Å². The summed E-state index contributed by atoms with van der Waals surface area (Å²) in [5, 5.41) is 0. The van der Waals surface area contributed by atoms with E-state index >= 15 is 0 Å². The first-order valence-electron chi connectivity index (χ1n) is 6.74. The van der Waals surface area contributed by atoms with E-state index in [0.29, 0.717) is 0 Å². The Kier molecular flexibility index (Phi) is 4.33. The highest BCUT2D eigenvalue weighted by Gasteiger charge is 2.35. The molecule has 0 amide bonds. The van der Waals surface area contributed by atoms with Crippen LogP contribution in [0.1, 0.15) is 43.7 Å². The van der Waals surface area contributed by atoms with Gasteiger partial charge in [0, 0.05) is 22.0 Å². The number of nitrogens with two attached hydrogens (primary N) is 1. The molecule has 100 valence electrons. The van der Waals surface area contributed by atoms with E-state index in [1.807, 2.05) is 0 Å². The highest BCUT2D eigenvalue weighted by molar-refractivity contribution is 9.10. The van der Waals surface area contributed by atoms with Crippen LogP contribution in [-0.4, -0.2) is 13.7 Å². The van der Waals surface area contributed by atoms with Crippen LogP contribution < -0.4 is 10.5 Å². The molecule has 1 saturated carbocycles. The third-order valence-corrected chi connectivity index (χ3v) is 5.00. The first kappa shape index (κ1) is 13.9. The number of ether oxygens (including phenoxy) is 1. The van der Waals surface area contributed by atoms with E-state index in [4.69, 9.17) is 10.5 Å². The van der Waals surface area contributed by atoms with Crippen LogP contribution in [0.4, 0.5) is 0 Å². The average Bonchev–Trinajstić information content (AvgIpc) is 2.87. The Labute approximate surface area is 118 Å². The zero-order chi connectivity index (χ0) is 13.2. The van der Waals surface area contributed by atoms with Gasteiger partial charge in [-0.15, -0.1) is 0 Å². The summed E-state index contributed by atoms with van der Waals surface area (Å²) >= 11 is 3.68. The largest absolute Gasteiger partial charge is 0.496 e. The van der Waals surface area contributed by atoms with Crippen molar-refractivity contribution in [2.45, 2.75) is 44.4 Å². The van der Waals surface area contributed by atoms with Gasteiger partial charge in [-0.05, 0) is 37.0 Å². The molecular weight excluding hydrogens is 290 g/mol. The van der Waals surface area contributed by atoms with Gasteiger partial charge in [0.25, 0.3) is 0 Å². The highest BCUT2D eigenvalue weighted by Crippen LogP contribution is 2.43. The van der Waals surface area contributed by atoms with Gasteiger partial charge in [0.15, 0.2) is 0 Å². The fourth-order valence-electron chi connectivity index (χ4n) is 3.11. The summed E-state index contributed by atoms with van der Waals surface area (Å²) < 4.78 is 6.69. The fraction of sp³-hybridized carbons (Fsp3) is 0.600. The quantitative estimate of drug-likeness (QED) is 0.918. The fourth-order valence-corrected chi connectivity index (χ4v) is 3.83. The number of rotatable bonds is 4. The van der Waals surface area contributed by atoms with E-state index in [-0.39, 0.29) is 5.41 Å². The van der Waals surface area contributed by atoms with Crippen molar-refractivity contribution in [3.63, 3.8) is 0 Å². The molecule has 1 aromatic rings. The number of benzene rings is 1. The monoisotopic (exact) mass is 311 g/mol. The van der Waals surface area contributed by atoms with Crippen LogP contribution >= 0.6 is 15.9 Å². The van der Waals surface area contributed by atoms with Crippen molar-refractivity contribution in [3.8, 4) is 5.75 Å². The predicted molar refractivity (Wildman–Crippen MR) is 79.3 cm³/mol. The smallest absolute Gasteiger partial charge is 0.123 e. The lowest BCUT2D eigenvalue weighted by Crippen LogP contribution is -2.32. The molecule has 0 unspecified atom stereocenters. The molecule has 2 rings (SSSR count). The third kappa shape index (κ3) is 2.30. The van der Waals surface area contributed by atoms with Crippen molar-refractivity contribution >= 4 is 15.9 Å². The van der Waals surface area contributed by atoms with Crippen LogP contribution in [0.15, 0.2) is 16.6 Å². The molecule has 1 aliphatic carbocycles. The molecular formula is C15H22BrNO. The molecule has 1 fully saturated rings. The van der Waals surface area contributed by atoms with Gasteiger partial charge >= 0.3 is 0 Å². The Balaban J connectivity index is 2.48. The van der Waals surface area contributed by atoms with Crippen LogP contribution in [-0.2, 0) is 11.8 Å². The van der Waals surface area contributed by atoms with Gasteiger partial charge in [0.2, 0.25) is 0 Å². The Morgan fingerprint density at radius 2 is 2.00 bits per heavy atom. The first-order chi connectivity index (χ1) is 8.66. The van der Waals surface area contributed by atoms with Gasteiger partial charge in [0.1, 0.15) is 5.75 Å². The normalized spacial score (nSPS) is 18.0. The van der Waals surface area contributed by atoms with Gasteiger partial charge in [-0.2, -0.15) is 0 Å². The summed E-state index contributed by atoms with van der Waals surface area (Å²) in [6.07, 6.45) is 5.94. The van der Waals surface area contributed by atoms with Gasteiger partial charge in [-0.3, -0.25) is 0 Å². The minimum absolute atomic E-state index is 0.169. The van der Waals surface area contributed by atoms with Crippen LogP contribution in [0, 0.1) is 0 Å². The molecule has 0 bridgehead atoms. The lowest BCUT2D eigenvalue weighted by atomic mass is 9.78. The second-order valence-corrected chi connectivity index (χ2v) is 6.04. The number of hydrogen-bond acceptors (Lipinski definition) is 2. The lowest BCUT2D eigenvalue weighted by Gasteiger charge is -2.29. The maximum absolute atomic E-state index is 6.06. The van der Waals surface area contributed by atoms with E-state index in [2.05, 4.69) is 35.0 Å². The van der Waals surface area contributed by atoms with Crippen LogP contribution in [0.2, 0.25) is 0 Å². The Morgan fingerprint density at radius 3 is 2.50 bits per heavy atom. The molecule has 2 nitrogen and oxygen atoms in total. The van der Waals surface area contributed by atoms with E-state index < -0.39 is 0 Å². The maximum Gasteiger partial charge on any atom is 0.123 e. The van der Waals surface area contributed by atoms with Gasteiger partial charge in [-0.25, -0.2) is 0 Å². The standard InChI is InChI=1S/C15H22BrNO/c1-3-12-13(16)8-11(9-14(12)18-2)15(10-17)6-4-5-7-15/h8-9H,3-7,10,17H2,1-2H3. The first-order valence-corrected chi connectivity index (χ1v) is 7.53.